The molecule has 5 heteroatoms. The number of aromatic amines is 1. The van der Waals surface area contributed by atoms with E-state index in [1.165, 1.54) is 23.3 Å². The van der Waals surface area contributed by atoms with Gasteiger partial charge in [0.15, 0.2) is 0 Å². The van der Waals surface area contributed by atoms with E-state index in [2.05, 4.69) is 23.7 Å². The SMILES string of the molecule is C[C@@H]1C[C@@H](C)CN(Cc2nc3sc4c(c3c(=O)[nH]2)CCC4)C1. The predicted octanol–water partition coefficient (Wildman–Crippen LogP) is 2.95. The van der Waals surface area contributed by atoms with Crippen molar-refractivity contribution < 1.29 is 0 Å². The van der Waals surface area contributed by atoms with Crippen molar-refractivity contribution in [2.24, 2.45) is 11.8 Å². The molecule has 3 heterocycles. The Morgan fingerprint density at radius 2 is 2.05 bits per heavy atom. The molecular weight excluding hydrogens is 294 g/mol. The van der Waals surface area contributed by atoms with Crippen LogP contribution in [-0.2, 0) is 19.4 Å². The number of thiophene rings is 1. The summed E-state index contributed by atoms with van der Waals surface area (Å²) in [5, 5.41) is 0.863. The van der Waals surface area contributed by atoms with Gasteiger partial charge in [-0.2, -0.15) is 0 Å². The van der Waals surface area contributed by atoms with Crippen LogP contribution >= 0.6 is 11.3 Å². The van der Waals surface area contributed by atoms with Gasteiger partial charge >= 0.3 is 0 Å². The van der Waals surface area contributed by atoms with Gasteiger partial charge < -0.3 is 4.98 Å². The van der Waals surface area contributed by atoms with Gasteiger partial charge in [0.05, 0.1) is 11.9 Å². The lowest BCUT2D eigenvalue weighted by Crippen LogP contribution is -2.38. The number of hydrogen-bond acceptors (Lipinski definition) is 4. The summed E-state index contributed by atoms with van der Waals surface area (Å²) in [4.78, 5) is 25.1. The van der Waals surface area contributed by atoms with Crippen LogP contribution in [-0.4, -0.2) is 28.0 Å². The highest BCUT2D eigenvalue weighted by atomic mass is 32.1. The molecule has 0 amide bonds. The number of nitrogens with one attached hydrogen (secondary N) is 1. The minimum atomic E-state index is 0.0671. The van der Waals surface area contributed by atoms with E-state index in [1.807, 2.05) is 0 Å². The summed E-state index contributed by atoms with van der Waals surface area (Å²) in [6, 6.07) is 0. The standard InChI is InChI=1S/C17H23N3OS/c1-10-6-11(2)8-20(7-10)9-14-18-16(21)15-12-4-3-5-13(12)22-17(15)19-14/h10-11H,3-9H2,1-2H3,(H,18,19,21)/t10-,11-/m1/s1. The maximum atomic E-state index is 12.5. The molecule has 1 fully saturated rings. The molecule has 1 aliphatic heterocycles. The van der Waals surface area contributed by atoms with Gasteiger partial charge in [-0.1, -0.05) is 13.8 Å². The third-order valence-electron chi connectivity index (χ3n) is 4.94. The van der Waals surface area contributed by atoms with E-state index in [9.17, 15) is 4.79 Å². The largest absolute Gasteiger partial charge is 0.309 e. The van der Waals surface area contributed by atoms with Crippen molar-refractivity contribution >= 4 is 21.6 Å². The molecule has 118 valence electrons. The van der Waals surface area contributed by atoms with E-state index in [-0.39, 0.29) is 5.56 Å². The molecule has 1 saturated heterocycles. The molecule has 0 aromatic carbocycles. The zero-order valence-corrected chi connectivity index (χ0v) is 14.1. The highest BCUT2D eigenvalue weighted by Crippen LogP contribution is 2.34. The van der Waals surface area contributed by atoms with Crippen LogP contribution in [0.15, 0.2) is 4.79 Å². The normalized spacial score (nSPS) is 25.7. The van der Waals surface area contributed by atoms with E-state index in [4.69, 9.17) is 4.98 Å². The van der Waals surface area contributed by atoms with Crippen LogP contribution in [0, 0.1) is 11.8 Å². The lowest BCUT2D eigenvalue weighted by Gasteiger charge is -2.34. The maximum Gasteiger partial charge on any atom is 0.259 e. The summed E-state index contributed by atoms with van der Waals surface area (Å²) in [6.07, 6.45) is 4.64. The molecular formula is C17H23N3OS. The lowest BCUT2D eigenvalue weighted by atomic mass is 9.92. The molecule has 2 aromatic rings. The first-order chi connectivity index (χ1) is 10.6. The molecule has 0 bridgehead atoms. The number of aryl methyl sites for hydroxylation is 2. The molecule has 2 atom stereocenters. The highest BCUT2D eigenvalue weighted by Gasteiger charge is 2.24. The Kier molecular flexibility index (Phi) is 3.57. The van der Waals surface area contributed by atoms with Crippen LogP contribution in [0.25, 0.3) is 10.2 Å². The molecule has 4 nitrogen and oxygen atoms in total. The van der Waals surface area contributed by atoms with Gasteiger partial charge in [-0.3, -0.25) is 9.69 Å². The lowest BCUT2D eigenvalue weighted by molar-refractivity contribution is 0.131. The van der Waals surface area contributed by atoms with Crippen LogP contribution in [0.5, 0.6) is 0 Å². The number of piperidine rings is 1. The Balaban J connectivity index is 1.64. The minimum absolute atomic E-state index is 0.0671. The number of nitrogens with zero attached hydrogens (tertiary/aromatic N) is 2. The van der Waals surface area contributed by atoms with E-state index in [0.717, 1.165) is 60.4 Å². The second-order valence-corrected chi connectivity index (χ2v) is 8.27. The zero-order valence-electron chi connectivity index (χ0n) is 13.3. The van der Waals surface area contributed by atoms with Gasteiger partial charge in [0.25, 0.3) is 5.56 Å². The fourth-order valence-electron chi connectivity index (χ4n) is 4.25. The maximum absolute atomic E-state index is 12.5. The van der Waals surface area contributed by atoms with Gasteiger partial charge in [0, 0.05) is 18.0 Å². The van der Waals surface area contributed by atoms with Crippen molar-refractivity contribution in [1.82, 2.24) is 14.9 Å². The molecule has 0 saturated carbocycles. The molecule has 4 rings (SSSR count). The number of aromatic nitrogens is 2. The molecule has 0 unspecified atom stereocenters. The van der Waals surface area contributed by atoms with Crippen molar-refractivity contribution in [3.63, 3.8) is 0 Å². The summed E-state index contributed by atoms with van der Waals surface area (Å²) >= 11 is 1.73. The van der Waals surface area contributed by atoms with Crippen LogP contribution in [0.1, 0.15) is 43.0 Å². The van der Waals surface area contributed by atoms with E-state index in [1.54, 1.807) is 11.3 Å². The molecule has 0 spiro atoms. The average molecular weight is 317 g/mol. The first-order valence-corrected chi connectivity index (χ1v) is 9.17. The Labute approximate surface area is 134 Å². The van der Waals surface area contributed by atoms with Gasteiger partial charge in [-0.05, 0) is 43.1 Å². The average Bonchev–Trinajstić information content (AvgIpc) is 2.96. The third-order valence-corrected chi connectivity index (χ3v) is 6.13. The number of rotatable bonds is 2. The topological polar surface area (TPSA) is 49.0 Å². The number of hydrogen-bond donors (Lipinski definition) is 1. The summed E-state index contributed by atoms with van der Waals surface area (Å²) in [7, 11) is 0. The number of likely N-dealkylation sites (tertiary alicyclic amines) is 1. The second kappa shape index (κ2) is 5.46. The van der Waals surface area contributed by atoms with Crippen molar-refractivity contribution in [2.75, 3.05) is 13.1 Å². The van der Waals surface area contributed by atoms with Crippen molar-refractivity contribution in [3.8, 4) is 0 Å². The predicted molar refractivity (Wildman–Crippen MR) is 90.5 cm³/mol. The Hall–Kier alpha value is -1.20. The van der Waals surface area contributed by atoms with Crippen LogP contribution in [0.3, 0.4) is 0 Å². The van der Waals surface area contributed by atoms with E-state index < -0.39 is 0 Å². The van der Waals surface area contributed by atoms with Gasteiger partial charge in [-0.25, -0.2) is 4.98 Å². The van der Waals surface area contributed by atoms with E-state index >= 15 is 0 Å². The van der Waals surface area contributed by atoms with Crippen LogP contribution < -0.4 is 5.56 Å². The van der Waals surface area contributed by atoms with Crippen LogP contribution in [0.4, 0.5) is 0 Å². The fourth-order valence-corrected chi connectivity index (χ4v) is 5.54. The van der Waals surface area contributed by atoms with Gasteiger partial charge in [-0.15, -0.1) is 11.3 Å². The molecule has 1 aliphatic carbocycles. The first kappa shape index (κ1) is 14.4. The summed E-state index contributed by atoms with van der Waals surface area (Å²) in [5.74, 6) is 2.29. The summed E-state index contributed by atoms with van der Waals surface area (Å²) in [5.41, 5.74) is 1.33. The Morgan fingerprint density at radius 3 is 2.82 bits per heavy atom. The quantitative estimate of drug-likeness (QED) is 0.926. The fraction of sp³-hybridized carbons (Fsp3) is 0.647. The third kappa shape index (κ3) is 2.50. The molecule has 1 N–H and O–H groups in total. The summed E-state index contributed by atoms with van der Waals surface area (Å²) < 4.78 is 0. The minimum Gasteiger partial charge on any atom is -0.309 e. The van der Waals surface area contributed by atoms with Crippen molar-refractivity contribution in [1.29, 1.82) is 0 Å². The van der Waals surface area contributed by atoms with Crippen molar-refractivity contribution in [2.45, 2.75) is 46.1 Å². The second-order valence-electron chi connectivity index (χ2n) is 7.19. The molecule has 2 aliphatic rings. The van der Waals surface area contributed by atoms with Gasteiger partial charge in [0.1, 0.15) is 10.7 Å². The van der Waals surface area contributed by atoms with Crippen molar-refractivity contribution in [3.05, 3.63) is 26.6 Å². The Morgan fingerprint density at radius 1 is 1.27 bits per heavy atom. The van der Waals surface area contributed by atoms with Gasteiger partial charge in [0.2, 0.25) is 0 Å². The van der Waals surface area contributed by atoms with Crippen LogP contribution in [0.2, 0.25) is 0 Å². The van der Waals surface area contributed by atoms with E-state index in [0.29, 0.717) is 0 Å². The first-order valence-electron chi connectivity index (χ1n) is 8.36. The molecule has 2 aromatic heterocycles. The number of H-pyrrole nitrogens is 1. The zero-order chi connectivity index (χ0) is 15.3. The molecule has 0 radical (unpaired) electrons. The number of fused-ring (bicyclic) bond motifs is 3. The monoisotopic (exact) mass is 317 g/mol. The smallest absolute Gasteiger partial charge is 0.259 e. The Bertz CT molecular complexity index is 753. The highest BCUT2D eigenvalue weighted by molar-refractivity contribution is 7.18. The molecule has 22 heavy (non-hydrogen) atoms. The summed E-state index contributed by atoms with van der Waals surface area (Å²) in [6.45, 7) is 7.60.